The number of likely N-dealkylation sites (tertiary alicyclic amines) is 1. The quantitative estimate of drug-likeness (QED) is 0.755. The minimum atomic E-state index is -0.427. The van der Waals surface area contributed by atoms with Crippen LogP contribution in [0.25, 0.3) is 0 Å². The molecule has 1 fully saturated rings. The Labute approximate surface area is 166 Å². The normalized spacial score (nSPS) is 15.1. The Morgan fingerprint density at radius 3 is 2.39 bits per heavy atom. The second-order valence-electron chi connectivity index (χ2n) is 7.90. The zero-order chi connectivity index (χ0) is 20.7. The number of para-hydroxylation sites is 2. The molecule has 1 aromatic carbocycles. The molecule has 1 aliphatic rings. The summed E-state index contributed by atoms with van der Waals surface area (Å²) in [6, 6.07) is 7.10. The molecular weight excluding hydrogens is 360 g/mol. The molecule has 7 nitrogen and oxygen atoms in total. The van der Waals surface area contributed by atoms with Gasteiger partial charge in [0.1, 0.15) is 5.75 Å². The molecule has 1 N–H and O–H groups in total. The first-order chi connectivity index (χ1) is 13.2. The predicted molar refractivity (Wildman–Crippen MR) is 106 cm³/mol. The lowest BCUT2D eigenvalue weighted by atomic mass is 9.91. The number of hydrogen-bond acceptors (Lipinski definition) is 5. The predicted octanol–water partition coefficient (Wildman–Crippen LogP) is 2.85. The molecular formula is C21H30N2O5. The zero-order valence-corrected chi connectivity index (χ0v) is 17.1. The number of carbonyl (C=O) groups is 3. The third-order valence-corrected chi connectivity index (χ3v) is 4.56. The highest BCUT2D eigenvalue weighted by Crippen LogP contribution is 2.25. The second-order valence-corrected chi connectivity index (χ2v) is 7.90. The first kappa shape index (κ1) is 21.7. The Balaban J connectivity index is 1.79. The van der Waals surface area contributed by atoms with E-state index in [9.17, 15) is 14.4 Å². The number of piperidine rings is 1. The fraction of sp³-hybridized carbons (Fsp3) is 0.571. The van der Waals surface area contributed by atoms with E-state index in [1.807, 2.05) is 33.8 Å². The molecule has 1 aromatic rings. The van der Waals surface area contributed by atoms with Gasteiger partial charge in [-0.3, -0.25) is 14.4 Å². The molecule has 0 atom stereocenters. The van der Waals surface area contributed by atoms with Gasteiger partial charge >= 0.3 is 5.97 Å². The van der Waals surface area contributed by atoms with Crippen molar-refractivity contribution in [3.63, 3.8) is 0 Å². The van der Waals surface area contributed by atoms with E-state index < -0.39 is 17.3 Å². The summed E-state index contributed by atoms with van der Waals surface area (Å²) in [5.74, 6) is -0.434. The molecule has 1 aliphatic heterocycles. The van der Waals surface area contributed by atoms with Gasteiger partial charge in [-0.15, -0.1) is 0 Å². The summed E-state index contributed by atoms with van der Waals surface area (Å²) in [6.45, 7) is 8.72. The maximum absolute atomic E-state index is 12.3. The average molecular weight is 390 g/mol. The molecule has 28 heavy (non-hydrogen) atoms. The van der Waals surface area contributed by atoms with Gasteiger partial charge in [0.2, 0.25) is 5.91 Å². The van der Waals surface area contributed by atoms with Gasteiger partial charge in [0.15, 0.2) is 6.61 Å². The van der Waals surface area contributed by atoms with E-state index in [0.717, 1.165) is 0 Å². The van der Waals surface area contributed by atoms with E-state index in [1.54, 1.807) is 23.1 Å². The summed E-state index contributed by atoms with van der Waals surface area (Å²) < 4.78 is 10.6. The van der Waals surface area contributed by atoms with Gasteiger partial charge in [0, 0.05) is 18.5 Å². The lowest BCUT2D eigenvalue weighted by Crippen LogP contribution is -2.45. The molecule has 7 heteroatoms. The van der Waals surface area contributed by atoms with Gasteiger partial charge in [-0.25, -0.2) is 0 Å². The second kappa shape index (κ2) is 9.57. The Morgan fingerprint density at radius 1 is 1.14 bits per heavy atom. The molecule has 0 aliphatic carbocycles. The van der Waals surface area contributed by atoms with Crippen molar-refractivity contribution in [2.75, 3.05) is 31.6 Å². The van der Waals surface area contributed by atoms with Crippen molar-refractivity contribution in [2.45, 2.75) is 40.5 Å². The van der Waals surface area contributed by atoms with Gasteiger partial charge in [-0.05, 0) is 31.9 Å². The number of rotatable bonds is 6. The first-order valence-corrected chi connectivity index (χ1v) is 9.70. The standard InChI is InChI=1S/C21H30N2O5/c1-5-27-17-9-7-6-8-16(17)22-18(24)14-28-19(25)15-10-12-23(13-11-15)20(26)21(2,3)4/h6-9,15H,5,10-14H2,1-4H3,(H,22,24). The van der Waals surface area contributed by atoms with Gasteiger partial charge in [-0.2, -0.15) is 0 Å². The molecule has 2 amide bonds. The summed E-state index contributed by atoms with van der Waals surface area (Å²) >= 11 is 0. The van der Waals surface area contributed by atoms with Gasteiger partial charge < -0.3 is 19.7 Å². The van der Waals surface area contributed by atoms with E-state index in [2.05, 4.69) is 5.32 Å². The molecule has 0 spiro atoms. The molecule has 0 radical (unpaired) electrons. The van der Waals surface area contributed by atoms with Crippen LogP contribution >= 0.6 is 0 Å². The summed E-state index contributed by atoms with van der Waals surface area (Å²) in [5, 5.41) is 2.70. The summed E-state index contributed by atoms with van der Waals surface area (Å²) in [4.78, 5) is 38.5. The summed E-state index contributed by atoms with van der Waals surface area (Å²) in [5.41, 5.74) is 0.114. The van der Waals surface area contributed by atoms with Gasteiger partial charge in [0.25, 0.3) is 5.91 Å². The summed E-state index contributed by atoms with van der Waals surface area (Å²) in [6.07, 6.45) is 1.10. The highest BCUT2D eigenvalue weighted by molar-refractivity contribution is 5.94. The van der Waals surface area contributed by atoms with E-state index in [0.29, 0.717) is 44.0 Å². The van der Waals surface area contributed by atoms with Crippen molar-refractivity contribution >= 4 is 23.5 Å². The Bertz CT molecular complexity index is 703. The fourth-order valence-corrected chi connectivity index (χ4v) is 3.08. The van der Waals surface area contributed by atoms with Crippen LogP contribution < -0.4 is 10.1 Å². The van der Waals surface area contributed by atoms with Crippen LogP contribution in [-0.2, 0) is 19.1 Å². The fourth-order valence-electron chi connectivity index (χ4n) is 3.08. The molecule has 0 unspecified atom stereocenters. The van der Waals surface area contributed by atoms with Crippen molar-refractivity contribution in [1.82, 2.24) is 4.90 Å². The van der Waals surface area contributed by atoms with Crippen molar-refractivity contribution in [3.8, 4) is 5.75 Å². The third kappa shape index (κ3) is 5.97. The molecule has 0 saturated carbocycles. The van der Waals surface area contributed by atoms with Crippen molar-refractivity contribution in [3.05, 3.63) is 24.3 Å². The molecule has 2 rings (SSSR count). The molecule has 1 heterocycles. The minimum Gasteiger partial charge on any atom is -0.492 e. The van der Waals surface area contributed by atoms with E-state index in [4.69, 9.17) is 9.47 Å². The zero-order valence-electron chi connectivity index (χ0n) is 17.1. The van der Waals surface area contributed by atoms with Gasteiger partial charge in [0.05, 0.1) is 18.2 Å². The topological polar surface area (TPSA) is 84.9 Å². The molecule has 0 bridgehead atoms. The average Bonchev–Trinajstić information content (AvgIpc) is 2.66. The van der Waals surface area contributed by atoms with Crippen molar-refractivity contribution in [1.29, 1.82) is 0 Å². The Morgan fingerprint density at radius 2 is 1.79 bits per heavy atom. The number of nitrogens with zero attached hydrogens (tertiary/aromatic N) is 1. The van der Waals surface area contributed by atoms with Crippen molar-refractivity contribution < 1.29 is 23.9 Å². The van der Waals surface area contributed by atoms with Crippen LogP contribution in [0.3, 0.4) is 0 Å². The number of benzene rings is 1. The molecule has 154 valence electrons. The number of anilines is 1. The monoisotopic (exact) mass is 390 g/mol. The van der Waals surface area contributed by atoms with E-state index in [-0.39, 0.29) is 18.4 Å². The van der Waals surface area contributed by atoms with Crippen LogP contribution in [0.15, 0.2) is 24.3 Å². The maximum atomic E-state index is 12.3. The molecule has 0 aromatic heterocycles. The van der Waals surface area contributed by atoms with Crippen LogP contribution in [0.4, 0.5) is 5.69 Å². The Hall–Kier alpha value is -2.57. The highest BCUT2D eigenvalue weighted by Gasteiger charge is 2.33. The number of hydrogen-bond donors (Lipinski definition) is 1. The van der Waals surface area contributed by atoms with E-state index in [1.165, 1.54) is 0 Å². The SMILES string of the molecule is CCOc1ccccc1NC(=O)COC(=O)C1CCN(C(=O)C(C)(C)C)CC1. The van der Waals surface area contributed by atoms with Crippen LogP contribution in [0, 0.1) is 11.3 Å². The third-order valence-electron chi connectivity index (χ3n) is 4.56. The number of amides is 2. The summed E-state index contributed by atoms with van der Waals surface area (Å²) in [7, 11) is 0. The van der Waals surface area contributed by atoms with E-state index >= 15 is 0 Å². The van der Waals surface area contributed by atoms with Crippen molar-refractivity contribution in [2.24, 2.45) is 11.3 Å². The maximum Gasteiger partial charge on any atom is 0.309 e. The largest absolute Gasteiger partial charge is 0.492 e. The number of carbonyl (C=O) groups excluding carboxylic acids is 3. The van der Waals surface area contributed by atoms with Gasteiger partial charge in [-0.1, -0.05) is 32.9 Å². The lowest BCUT2D eigenvalue weighted by molar-refractivity contribution is -0.155. The van der Waals surface area contributed by atoms with Crippen LogP contribution in [0.1, 0.15) is 40.5 Å². The minimum absolute atomic E-state index is 0.0895. The number of nitrogens with one attached hydrogen (secondary N) is 1. The van der Waals surface area contributed by atoms with Crippen LogP contribution in [0.2, 0.25) is 0 Å². The number of ether oxygens (including phenoxy) is 2. The van der Waals surface area contributed by atoms with Crippen LogP contribution in [-0.4, -0.2) is 49.0 Å². The first-order valence-electron chi connectivity index (χ1n) is 9.70. The Kier molecular flexibility index (Phi) is 7.43. The smallest absolute Gasteiger partial charge is 0.309 e. The number of esters is 1. The molecule has 1 saturated heterocycles. The highest BCUT2D eigenvalue weighted by atomic mass is 16.5. The van der Waals surface area contributed by atoms with Crippen LogP contribution in [0.5, 0.6) is 5.75 Å². The lowest BCUT2D eigenvalue weighted by Gasteiger charge is -2.34.